The molecule has 0 aromatic carbocycles. The van der Waals surface area contributed by atoms with Gasteiger partial charge in [-0.15, -0.1) is 0 Å². The van der Waals surface area contributed by atoms with E-state index in [1.54, 1.807) is 30.7 Å². The Labute approximate surface area is 136 Å². The first-order valence-electron chi connectivity index (χ1n) is 7.49. The van der Waals surface area contributed by atoms with Crippen LogP contribution in [0.15, 0.2) is 41.8 Å². The first-order valence-corrected chi connectivity index (χ1v) is 8.93. The molecule has 0 N–H and O–H groups in total. The molecule has 0 atom stereocenters. The minimum absolute atomic E-state index is 0.287. The third-order valence-electron chi connectivity index (χ3n) is 3.83. The number of rotatable bonds is 5. The van der Waals surface area contributed by atoms with Crippen LogP contribution in [-0.2, 0) is 16.6 Å². The molecule has 0 saturated carbocycles. The lowest BCUT2D eigenvalue weighted by Gasteiger charge is -2.20. The molecule has 1 aliphatic heterocycles. The summed E-state index contributed by atoms with van der Waals surface area (Å²) in [4.78, 5) is 14.7. The number of pyridine rings is 1. The van der Waals surface area contributed by atoms with E-state index in [0.717, 1.165) is 18.5 Å². The van der Waals surface area contributed by atoms with Gasteiger partial charge in [0.1, 0.15) is 5.82 Å². The second kappa shape index (κ2) is 6.59. The maximum atomic E-state index is 12.6. The van der Waals surface area contributed by atoms with Crippen LogP contribution in [0, 0.1) is 0 Å². The third-order valence-corrected chi connectivity index (χ3v) is 5.72. The molecule has 7 nitrogen and oxygen atoms in total. The lowest BCUT2D eigenvalue weighted by Crippen LogP contribution is -2.28. The summed E-state index contributed by atoms with van der Waals surface area (Å²) in [6.45, 7) is 1.69. The normalized spacial score (nSPS) is 15.7. The largest absolute Gasteiger partial charge is 0.354 e. The molecule has 0 bridgehead atoms. The molecule has 0 spiro atoms. The number of sulfonamides is 1. The maximum absolute atomic E-state index is 12.6. The first kappa shape index (κ1) is 15.8. The zero-order valence-electron chi connectivity index (χ0n) is 13.0. The first-order chi connectivity index (χ1) is 11.1. The van der Waals surface area contributed by atoms with Gasteiger partial charge >= 0.3 is 0 Å². The number of hydrogen-bond acceptors (Lipinski definition) is 6. The Kier molecular flexibility index (Phi) is 4.53. The van der Waals surface area contributed by atoms with Crippen LogP contribution in [0.5, 0.6) is 0 Å². The number of anilines is 1. The predicted molar refractivity (Wildman–Crippen MR) is 86.4 cm³/mol. The molecule has 1 aliphatic rings. The summed E-state index contributed by atoms with van der Waals surface area (Å²) in [6.07, 6.45) is 8.30. The van der Waals surface area contributed by atoms with Crippen molar-refractivity contribution in [2.24, 2.45) is 0 Å². The molecule has 23 heavy (non-hydrogen) atoms. The van der Waals surface area contributed by atoms with Crippen LogP contribution in [0.25, 0.3) is 0 Å². The molecular weight excluding hydrogens is 314 g/mol. The van der Waals surface area contributed by atoms with Crippen molar-refractivity contribution in [1.29, 1.82) is 0 Å². The second-order valence-electron chi connectivity index (χ2n) is 5.51. The fourth-order valence-electron chi connectivity index (χ4n) is 2.58. The molecule has 0 unspecified atom stereocenters. The predicted octanol–water partition coefficient (Wildman–Crippen LogP) is 1.29. The molecule has 1 saturated heterocycles. The number of hydrogen-bond donors (Lipinski definition) is 0. The zero-order valence-corrected chi connectivity index (χ0v) is 13.8. The van der Waals surface area contributed by atoms with Gasteiger partial charge in [0.15, 0.2) is 0 Å². The quantitative estimate of drug-likeness (QED) is 0.820. The number of aromatic nitrogens is 3. The van der Waals surface area contributed by atoms with Gasteiger partial charge in [0, 0.05) is 44.8 Å². The van der Waals surface area contributed by atoms with Crippen molar-refractivity contribution >= 4 is 15.8 Å². The fraction of sp³-hybridized carbons (Fsp3) is 0.400. The average molecular weight is 333 g/mol. The summed E-state index contributed by atoms with van der Waals surface area (Å²) in [5.41, 5.74) is 0.796. The van der Waals surface area contributed by atoms with Crippen LogP contribution in [-0.4, -0.2) is 47.8 Å². The minimum atomic E-state index is -3.43. The van der Waals surface area contributed by atoms with Crippen molar-refractivity contribution in [3.05, 3.63) is 42.6 Å². The van der Waals surface area contributed by atoms with Crippen molar-refractivity contribution in [3.63, 3.8) is 0 Å². The van der Waals surface area contributed by atoms with Crippen molar-refractivity contribution in [3.8, 4) is 0 Å². The van der Waals surface area contributed by atoms with E-state index in [1.807, 2.05) is 11.9 Å². The Morgan fingerprint density at radius 3 is 2.65 bits per heavy atom. The van der Waals surface area contributed by atoms with Crippen LogP contribution in [0.1, 0.15) is 18.5 Å². The van der Waals surface area contributed by atoms with Gasteiger partial charge in [0.25, 0.3) is 0 Å². The van der Waals surface area contributed by atoms with E-state index in [4.69, 9.17) is 0 Å². The average Bonchev–Trinajstić information content (AvgIpc) is 3.11. The van der Waals surface area contributed by atoms with Crippen LogP contribution in [0.4, 0.5) is 5.82 Å². The molecule has 0 radical (unpaired) electrons. The molecule has 2 aromatic rings. The highest BCUT2D eigenvalue weighted by atomic mass is 32.2. The van der Waals surface area contributed by atoms with E-state index < -0.39 is 10.0 Å². The Balaban J connectivity index is 1.82. The highest BCUT2D eigenvalue weighted by Crippen LogP contribution is 2.23. The minimum Gasteiger partial charge on any atom is -0.354 e. The number of nitrogens with zero attached hydrogens (tertiary/aromatic N) is 5. The van der Waals surface area contributed by atoms with Crippen LogP contribution < -0.4 is 4.90 Å². The van der Waals surface area contributed by atoms with Gasteiger partial charge < -0.3 is 4.90 Å². The van der Waals surface area contributed by atoms with E-state index in [0.29, 0.717) is 25.5 Å². The summed E-state index contributed by atoms with van der Waals surface area (Å²) in [7, 11) is -1.58. The van der Waals surface area contributed by atoms with Crippen molar-refractivity contribution in [1.82, 2.24) is 19.3 Å². The van der Waals surface area contributed by atoms with E-state index in [2.05, 4.69) is 15.0 Å². The molecule has 8 heteroatoms. The van der Waals surface area contributed by atoms with Crippen LogP contribution in [0.3, 0.4) is 0 Å². The monoisotopic (exact) mass is 333 g/mol. The summed E-state index contributed by atoms with van der Waals surface area (Å²) in [5, 5.41) is 0. The SMILES string of the molecule is CN(Cc1cnccn1)c1cc(S(=O)(=O)N2CCCC2)ccn1. The standard InChI is InChI=1S/C15H19N5O2S/c1-19(12-13-11-16-6-7-17-13)15-10-14(4-5-18-15)23(21,22)20-8-2-3-9-20/h4-7,10-11H,2-3,8-9,12H2,1H3. The molecule has 0 amide bonds. The third kappa shape index (κ3) is 3.48. The van der Waals surface area contributed by atoms with Gasteiger partial charge in [-0.05, 0) is 18.9 Å². The molecule has 1 fully saturated rings. The summed E-state index contributed by atoms with van der Waals surface area (Å²) < 4.78 is 26.8. The lowest BCUT2D eigenvalue weighted by atomic mass is 10.4. The highest BCUT2D eigenvalue weighted by Gasteiger charge is 2.27. The van der Waals surface area contributed by atoms with E-state index >= 15 is 0 Å². The molecule has 2 aromatic heterocycles. The van der Waals surface area contributed by atoms with Crippen molar-refractivity contribution in [2.45, 2.75) is 24.3 Å². The van der Waals surface area contributed by atoms with Crippen molar-refractivity contribution < 1.29 is 8.42 Å². The van der Waals surface area contributed by atoms with Gasteiger partial charge in [-0.1, -0.05) is 0 Å². The smallest absolute Gasteiger partial charge is 0.243 e. The molecule has 3 rings (SSSR count). The van der Waals surface area contributed by atoms with Gasteiger partial charge in [0.2, 0.25) is 10.0 Å². The Morgan fingerprint density at radius 2 is 1.96 bits per heavy atom. The van der Waals surface area contributed by atoms with Gasteiger partial charge in [-0.3, -0.25) is 9.97 Å². The highest BCUT2D eigenvalue weighted by molar-refractivity contribution is 7.89. The van der Waals surface area contributed by atoms with E-state index in [1.165, 1.54) is 10.5 Å². The summed E-state index contributed by atoms with van der Waals surface area (Å²) in [5.74, 6) is 0.593. The fourth-order valence-corrected chi connectivity index (χ4v) is 4.11. The Morgan fingerprint density at radius 1 is 1.17 bits per heavy atom. The second-order valence-corrected chi connectivity index (χ2v) is 7.45. The molecule has 0 aliphatic carbocycles. The van der Waals surface area contributed by atoms with Gasteiger partial charge in [-0.25, -0.2) is 13.4 Å². The maximum Gasteiger partial charge on any atom is 0.243 e. The molecule has 3 heterocycles. The lowest BCUT2D eigenvalue weighted by molar-refractivity contribution is 0.477. The molecular formula is C15H19N5O2S. The van der Waals surface area contributed by atoms with Crippen molar-refractivity contribution in [2.75, 3.05) is 25.0 Å². The van der Waals surface area contributed by atoms with Crippen LogP contribution in [0.2, 0.25) is 0 Å². The summed E-state index contributed by atoms with van der Waals surface area (Å²) in [6, 6.07) is 3.16. The Bertz CT molecular complexity index is 760. The Hall–Kier alpha value is -2.06. The van der Waals surface area contributed by atoms with Gasteiger partial charge in [0.05, 0.1) is 23.3 Å². The topological polar surface area (TPSA) is 79.3 Å². The van der Waals surface area contributed by atoms with Crippen LogP contribution >= 0.6 is 0 Å². The van der Waals surface area contributed by atoms with Gasteiger partial charge in [-0.2, -0.15) is 4.31 Å². The molecule has 122 valence electrons. The van der Waals surface area contributed by atoms with E-state index in [-0.39, 0.29) is 4.90 Å². The zero-order chi connectivity index (χ0) is 16.3. The summed E-state index contributed by atoms with van der Waals surface area (Å²) >= 11 is 0. The van der Waals surface area contributed by atoms with E-state index in [9.17, 15) is 8.42 Å².